The Labute approximate surface area is 141 Å². The molecule has 1 unspecified atom stereocenters. The van der Waals surface area contributed by atoms with Gasteiger partial charge in [-0.2, -0.15) is 0 Å². The van der Waals surface area contributed by atoms with Gasteiger partial charge in [-0.15, -0.1) is 0 Å². The van der Waals surface area contributed by atoms with Gasteiger partial charge in [-0.05, 0) is 53.7 Å². The zero-order chi connectivity index (χ0) is 15.4. The highest BCUT2D eigenvalue weighted by Crippen LogP contribution is 2.33. The minimum atomic E-state index is -0.344. The predicted molar refractivity (Wildman–Crippen MR) is 90.4 cm³/mol. The van der Waals surface area contributed by atoms with E-state index in [0.29, 0.717) is 16.0 Å². The van der Waals surface area contributed by atoms with Gasteiger partial charge in [-0.25, -0.2) is 4.39 Å². The van der Waals surface area contributed by atoms with Crippen LogP contribution < -0.4 is 10.1 Å². The number of rotatable bonds is 5. The molecule has 5 heteroatoms. The molecule has 0 saturated carbocycles. The molecule has 0 aromatic heterocycles. The predicted octanol–water partition coefficient (Wildman–Crippen LogP) is 5.81. The Morgan fingerprint density at radius 2 is 1.95 bits per heavy atom. The average molecular weight is 417 g/mol. The Morgan fingerprint density at radius 3 is 2.62 bits per heavy atom. The summed E-state index contributed by atoms with van der Waals surface area (Å²) < 4.78 is 20.8. The lowest BCUT2D eigenvalue weighted by Gasteiger charge is -2.18. The summed E-state index contributed by atoms with van der Waals surface area (Å²) in [6, 6.07) is 10.8. The van der Waals surface area contributed by atoms with Crippen LogP contribution in [0.1, 0.15) is 25.5 Å². The molecule has 0 aliphatic carbocycles. The van der Waals surface area contributed by atoms with Crippen LogP contribution in [0.4, 0.5) is 4.39 Å². The third-order valence-electron chi connectivity index (χ3n) is 3.07. The van der Waals surface area contributed by atoms with Crippen molar-refractivity contribution in [2.75, 3.05) is 6.54 Å². The second kappa shape index (κ2) is 7.38. The van der Waals surface area contributed by atoms with Gasteiger partial charge in [0.05, 0.1) is 4.47 Å². The first-order valence-corrected chi connectivity index (χ1v) is 8.25. The van der Waals surface area contributed by atoms with Crippen LogP contribution in [-0.4, -0.2) is 6.54 Å². The Hall–Kier alpha value is -0.910. The Kier molecular flexibility index (Phi) is 5.79. The van der Waals surface area contributed by atoms with Gasteiger partial charge in [0, 0.05) is 22.1 Å². The second-order valence-corrected chi connectivity index (χ2v) is 6.41. The minimum Gasteiger partial charge on any atom is -0.457 e. The monoisotopic (exact) mass is 415 g/mol. The molecule has 0 amide bonds. The molecule has 112 valence electrons. The molecule has 0 aliphatic rings. The van der Waals surface area contributed by atoms with Crippen molar-refractivity contribution in [1.29, 1.82) is 0 Å². The fraction of sp³-hybridized carbons (Fsp3) is 0.250. The van der Waals surface area contributed by atoms with Gasteiger partial charge in [0.15, 0.2) is 0 Å². The molecule has 1 N–H and O–H groups in total. The number of benzene rings is 2. The molecule has 21 heavy (non-hydrogen) atoms. The van der Waals surface area contributed by atoms with Crippen molar-refractivity contribution in [3.05, 3.63) is 56.7 Å². The van der Waals surface area contributed by atoms with E-state index in [0.717, 1.165) is 16.6 Å². The van der Waals surface area contributed by atoms with Crippen LogP contribution in [0.2, 0.25) is 0 Å². The summed E-state index contributed by atoms with van der Waals surface area (Å²) in [5.74, 6) is 0.835. The summed E-state index contributed by atoms with van der Waals surface area (Å²) in [5.41, 5.74) is 1.03. The Balaban J connectivity index is 2.33. The van der Waals surface area contributed by atoms with E-state index in [2.05, 4.69) is 51.0 Å². The van der Waals surface area contributed by atoms with Crippen molar-refractivity contribution in [2.45, 2.75) is 19.9 Å². The molecule has 0 aliphatic heterocycles. The maximum absolute atomic E-state index is 13.6. The fourth-order valence-corrected chi connectivity index (χ4v) is 2.62. The molecule has 0 saturated heterocycles. The van der Waals surface area contributed by atoms with Gasteiger partial charge in [0.2, 0.25) is 0 Å². The molecule has 2 aromatic rings. The lowest BCUT2D eigenvalue weighted by molar-refractivity contribution is 0.458. The van der Waals surface area contributed by atoms with Crippen LogP contribution in [-0.2, 0) is 0 Å². The van der Waals surface area contributed by atoms with Gasteiger partial charge in [-0.1, -0.05) is 28.9 Å². The molecule has 0 fully saturated rings. The van der Waals surface area contributed by atoms with Crippen molar-refractivity contribution in [3.8, 4) is 11.5 Å². The van der Waals surface area contributed by atoms with E-state index in [1.54, 1.807) is 12.1 Å². The van der Waals surface area contributed by atoms with Crippen molar-refractivity contribution in [1.82, 2.24) is 5.32 Å². The molecule has 2 rings (SSSR count). The molecule has 0 heterocycles. The minimum absolute atomic E-state index is 0.151. The smallest absolute Gasteiger partial charge is 0.141 e. The molecule has 1 atom stereocenters. The van der Waals surface area contributed by atoms with Crippen LogP contribution in [0.3, 0.4) is 0 Å². The van der Waals surface area contributed by atoms with Crippen molar-refractivity contribution in [3.63, 3.8) is 0 Å². The Bertz CT molecular complexity index is 634. The third-order valence-corrected chi connectivity index (χ3v) is 4.21. The van der Waals surface area contributed by atoms with Crippen LogP contribution in [0.15, 0.2) is 45.3 Å². The van der Waals surface area contributed by atoms with Gasteiger partial charge >= 0.3 is 0 Å². The van der Waals surface area contributed by atoms with Gasteiger partial charge in [-0.3, -0.25) is 0 Å². The third kappa shape index (κ3) is 4.28. The molecular weight excluding hydrogens is 401 g/mol. The average Bonchev–Trinajstić information content (AvgIpc) is 2.43. The first-order chi connectivity index (χ1) is 10.0. The molecule has 0 radical (unpaired) electrons. The Morgan fingerprint density at radius 1 is 1.19 bits per heavy atom. The van der Waals surface area contributed by atoms with Crippen LogP contribution in [0.25, 0.3) is 0 Å². The van der Waals surface area contributed by atoms with E-state index in [-0.39, 0.29) is 11.9 Å². The van der Waals surface area contributed by atoms with E-state index in [1.807, 2.05) is 18.2 Å². The van der Waals surface area contributed by atoms with Crippen LogP contribution in [0, 0.1) is 5.82 Å². The lowest BCUT2D eigenvalue weighted by atomic mass is 10.1. The summed E-state index contributed by atoms with van der Waals surface area (Å²) in [6.07, 6.45) is 0. The first kappa shape index (κ1) is 16.5. The lowest BCUT2D eigenvalue weighted by Crippen LogP contribution is -2.18. The summed E-state index contributed by atoms with van der Waals surface area (Å²) >= 11 is 6.58. The number of hydrogen-bond acceptors (Lipinski definition) is 2. The highest BCUT2D eigenvalue weighted by atomic mass is 79.9. The summed E-state index contributed by atoms with van der Waals surface area (Å²) in [6.45, 7) is 4.99. The van der Waals surface area contributed by atoms with Crippen LogP contribution >= 0.6 is 31.9 Å². The summed E-state index contributed by atoms with van der Waals surface area (Å²) in [4.78, 5) is 0. The van der Waals surface area contributed by atoms with Crippen molar-refractivity contribution in [2.24, 2.45) is 0 Å². The maximum atomic E-state index is 13.6. The fourth-order valence-electron chi connectivity index (χ4n) is 2.04. The topological polar surface area (TPSA) is 21.3 Å². The summed E-state index contributed by atoms with van der Waals surface area (Å²) in [7, 11) is 0. The molecular formula is C16H16Br2FNO. The van der Waals surface area contributed by atoms with Gasteiger partial charge in [0.1, 0.15) is 17.3 Å². The molecule has 2 nitrogen and oxygen atoms in total. The molecule has 0 bridgehead atoms. The quantitative estimate of drug-likeness (QED) is 0.663. The van der Waals surface area contributed by atoms with E-state index in [9.17, 15) is 4.39 Å². The van der Waals surface area contributed by atoms with Gasteiger partial charge in [0.25, 0.3) is 0 Å². The van der Waals surface area contributed by atoms with E-state index >= 15 is 0 Å². The number of nitrogens with one attached hydrogen (secondary N) is 1. The van der Waals surface area contributed by atoms with Crippen LogP contribution in [0.5, 0.6) is 11.5 Å². The highest BCUT2D eigenvalue weighted by Gasteiger charge is 2.13. The second-order valence-electron chi connectivity index (χ2n) is 4.64. The van der Waals surface area contributed by atoms with E-state index in [1.165, 1.54) is 6.07 Å². The zero-order valence-corrected chi connectivity index (χ0v) is 15.0. The standard InChI is InChI=1S/C16H16Br2FNO/c1-3-20-10(2)13-6-4-11(17)8-16(13)21-12-5-7-14(18)15(19)9-12/h4-10,20H,3H2,1-2H3. The zero-order valence-electron chi connectivity index (χ0n) is 11.8. The first-order valence-electron chi connectivity index (χ1n) is 6.67. The molecule has 0 spiro atoms. The van der Waals surface area contributed by atoms with E-state index in [4.69, 9.17) is 4.74 Å². The van der Waals surface area contributed by atoms with Gasteiger partial charge < -0.3 is 10.1 Å². The van der Waals surface area contributed by atoms with E-state index < -0.39 is 0 Å². The van der Waals surface area contributed by atoms with Crippen molar-refractivity contribution >= 4 is 31.9 Å². The maximum Gasteiger partial charge on any atom is 0.141 e. The normalized spacial score (nSPS) is 12.2. The number of ether oxygens (including phenoxy) is 1. The number of hydrogen-bond donors (Lipinski definition) is 1. The largest absolute Gasteiger partial charge is 0.457 e. The van der Waals surface area contributed by atoms with Crippen molar-refractivity contribution < 1.29 is 9.13 Å². The molecule has 2 aromatic carbocycles. The SMILES string of the molecule is CCNC(C)c1ccc(Br)cc1Oc1ccc(Br)c(F)c1. The number of halogens is 3. The highest BCUT2D eigenvalue weighted by molar-refractivity contribution is 9.10. The summed E-state index contributed by atoms with van der Waals surface area (Å²) in [5, 5.41) is 3.35.